The third-order valence-corrected chi connectivity index (χ3v) is 4.27. The van der Waals surface area contributed by atoms with Gasteiger partial charge in [-0.15, -0.1) is 0 Å². The van der Waals surface area contributed by atoms with E-state index in [4.69, 9.17) is 22.8 Å². The second-order valence-electron chi connectivity index (χ2n) is 6.04. The molecule has 0 aromatic heterocycles. The summed E-state index contributed by atoms with van der Waals surface area (Å²) in [7, 11) is 0. The predicted octanol–water partition coefficient (Wildman–Crippen LogP) is 2.31. The molecule has 0 unspecified atom stereocenters. The second kappa shape index (κ2) is 9.72. The summed E-state index contributed by atoms with van der Waals surface area (Å²) in [6, 6.07) is 0. The van der Waals surface area contributed by atoms with Crippen molar-refractivity contribution in [1.29, 1.82) is 0 Å². The Labute approximate surface area is 129 Å². The van der Waals surface area contributed by atoms with Gasteiger partial charge in [0.15, 0.2) is 0 Å². The van der Waals surface area contributed by atoms with E-state index in [0.29, 0.717) is 13.0 Å². The molecule has 0 rings (SSSR count). The minimum atomic E-state index is -0.366. The van der Waals surface area contributed by atoms with Gasteiger partial charge in [0.25, 0.3) is 0 Å². The topological polar surface area (TPSA) is 57.2 Å². The van der Waals surface area contributed by atoms with Gasteiger partial charge in [-0.3, -0.25) is 0 Å². The average molecular weight is 408 g/mol. The van der Waals surface area contributed by atoms with Gasteiger partial charge in [0, 0.05) is 0 Å². The van der Waals surface area contributed by atoms with E-state index >= 15 is 0 Å². The van der Waals surface area contributed by atoms with Gasteiger partial charge in [-0.25, -0.2) is 0 Å². The zero-order valence-corrected chi connectivity index (χ0v) is 16.0. The zero-order valence-electron chi connectivity index (χ0n) is 12.6. The molecule has 1 N–H and O–H groups in total. The Bertz CT molecular complexity index is 225. The molecule has 0 fully saturated rings. The molecule has 0 aliphatic rings. The van der Waals surface area contributed by atoms with E-state index in [1.807, 2.05) is 0 Å². The molecule has 116 valence electrons. The fourth-order valence-electron chi connectivity index (χ4n) is 0.687. The molecule has 0 saturated carbocycles. The van der Waals surface area contributed by atoms with Gasteiger partial charge in [0.1, 0.15) is 0 Å². The summed E-state index contributed by atoms with van der Waals surface area (Å²) in [6.07, 6.45) is 0.173. The van der Waals surface area contributed by atoms with E-state index in [9.17, 15) is 0 Å². The van der Waals surface area contributed by atoms with E-state index in [-0.39, 0.29) is 51.9 Å². The summed E-state index contributed by atoms with van der Waals surface area (Å²) in [6.45, 7) is 12.8. The first kappa shape index (κ1) is 19.8. The van der Waals surface area contributed by atoms with Crippen LogP contribution in [0.15, 0.2) is 0 Å². The van der Waals surface area contributed by atoms with Crippen molar-refractivity contribution in [1.82, 2.24) is 0 Å². The normalized spacial score (nSPS) is 14.7. The summed E-state index contributed by atoms with van der Waals surface area (Å²) in [5.74, 6) is 0. The van der Waals surface area contributed by atoms with E-state index in [0.717, 1.165) is 0 Å². The summed E-state index contributed by atoms with van der Waals surface area (Å²) in [5, 5.41) is 9.15. The molecule has 0 aromatic carbocycles. The molecule has 0 amide bonds. The van der Waals surface area contributed by atoms with Crippen LogP contribution in [-0.4, -0.2) is 55.0 Å². The van der Waals surface area contributed by atoms with E-state index in [1.54, 1.807) is 0 Å². The molecule has 0 spiro atoms. The van der Waals surface area contributed by atoms with Crippen molar-refractivity contribution in [3.05, 3.63) is 0 Å². The van der Waals surface area contributed by atoms with Crippen molar-refractivity contribution < 1.29 is 22.8 Å². The van der Waals surface area contributed by atoms with Crippen LogP contribution >= 0.6 is 0 Å². The number of hydrogen-bond donors (Lipinski definition) is 1. The van der Waals surface area contributed by atoms with E-state index in [2.05, 4.69) is 41.5 Å². The third-order valence-electron chi connectivity index (χ3n) is 1.52. The molecule has 0 heterocycles. The van der Waals surface area contributed by atoms with Crippen molar-refractivity contribution in [2.45, 2.75) is 62.7 Å². The maximum atomic E-state index is 9.15. The van der Waals surface area contributed by atoms with Crippen LogP contribution in [0.3, 0.4) is 0 Å². The van der Waals surface area contributed by atoms with Gasteiger partial charge in [-0.1, -0.05) is 0 Å². The number of rotatable bonds is 9. The van der Waals surface area contributed by atoms with Gasteiger partial charge in [-0.2, -0.15) is 0 Å². The number of aliphatic hydroxyl groups excluding tert-OH is 1. The molecule has 0 radical (unpaired) electrons. The van der Waals surface area contributed by atoms with Crippen molar-refractivity contribution in [2.75, 3.05) is 13.2 Å². The summed E-state index contributed by atoms with van der Waals surface area (Å²) < 4.78 is 10.5. The molecular formula is C12H26O5Se2. The Kier molecular flexibility index (Phi) is 10.1. The van der Waals surface area contributed by atoms with Gasteiger partial charge >= 0.3 is 129 Å². The van der Waals surface area contributed by atoms with Crippen LogP contribution < -0.4 is 0 Å². The quantitative estimate of drug-likeness (QED) is 0.275. The molecule has 0 aromatic rings. The monoisotopic (exact) mass is 410 g/mol. The molecule has 0 bridgehead atoms. The van der Waals surface area contributed by atoms with Crippen LogP contribution in [0.25, 0.3) is 0 Å². The zero-order chi connectivity index (χ0) is 14.9. The number of aliphatic hydroxyl groups is 1. The number of hydrogen-bond acceptors (Lipinski definition) is 5. The Balaban J connectivity index is 3.60. The molecule has 5 nitrogen and oxygen atoms in total. The van der Waals surface area contributed by atoms with Gasteiger partial charge < -0.3 is 0 Å². The summed E-state index contributed by atoms with van der Waals surface area (Å²) in [5.41, 5.74) is 0. The molecule has 0 saturated heterocycles. The Morgan fingerprint density at radius 3 is 1.95 bits per heavy atom. The van der Waals surface area contributed by atoms with Crippen LogP contribution in [0, 0.1) is 0 Å². The molecular weight excluding hydrogens is 382 g/mol. The second-order valence-corrected chi connectivity index (χ2v) is 12.4. The first-order valence-corrected chi connectivity index (χ1v) is 9.34. The van der Waals surface area contributed by atoms with Crippen molar-refractivity contribution in [3.8, 4) is 0 Å². The average Bonchev–Trinajstić information content (AvgIpc) is 2.23. The molecule has 1 atom stereocenters. The third kappa shape index (κ3) is 15.1. The van der Waals surface area contributed by atoms with Crippen molar-refractivity contribution in [3.63, 3.8) is 0 Å². The Morgan fingerprint density at radius 1 is 0.947 bits per heavy atom. The summed E-state index contributed by atoms with van der Waals surface area (Å²) in [4.78, 5) is 10.2. The molecule has 7 heteroatoms. The Hall–Kier alpha value is 0.839. The summed E-state index contributed by atoms with van der Waals surface area (Å²) >= 11 is -0.0957. The first-order chi connectivity index (χ1) is 8.64. The van der Waals surface area contributed by atoms with Crippen LogP contribution in [0.4, 0.5) is 0 Å². The molecule has 0 aliphatic heterocycles. The fraction of sp³-hybridized carbons (Fsp3) is 1.00. The maximum absolute atomic E-state index is 9.15. The Morgan fingerprint density at radius 2 is 1.47 bits per heavy atom. The van der Waals surface area contributed by atoms with Crippen molar-refractivity contribution >= 4 is 30.6 Å². The van der Waals surface area contributed by atoms with Gasteiger partial charge in [-0.05, 0) is 0 Å². The fourth-order valence-corrected chi connectivity index (χ4v) is 2.10. The van der Waals surface area contributed by atoms with Crippen LogP contribution in [0.1, 0.15) is 48.0 Å². The van der Waals surface area contributed by atoms with Crippen LogP contribution in [-0.2, 0) is 17.7 Å². The predicted molar refractivity (Wildman–Crippen MR) is 75.6 cm³/mol. The van der Waals surface area contributed by atoms with Crippen molar-refractivity contribution in [2.24, 2.45) is 0 Å². The van der Waals surface area contributed by atoms with E-state index in [1.165, 1.54) is 0 Å². The van der Waals surface area contributed by atoms with Gasteiger partial charge in [0.2, 0.25) is 0 Å². The molecule has 0 aliphatic carbocycles. The first-order valence-electron chi connectivity index (χ1n) is 6.23. The SMILES string of the molecule is CC(C)(C)[Se]OOCC[C@H](CO)OO[Se]C(C)(C)C. The van der Waals surface area contributed by atoms with Gasteiger partial charge in [0.05, 0.1) is 0 Å². The van der Waals surface area contributed by atoms with Crippen LogP contribution in [0.2, 0.25) is 8.63 Å². The van der Waals surface area contributed by atoms with Crippen LogP contribution in [0.5, 0.6) is 0 Å². The minimum absolute atomic E-state index is 0.0194. The molecule has 19 heavy (non-hydrogen) atoms. The van der Waals surface area contributed by atoms with E-state index < -0.39 is 0 Å². The standard InChI is InChI=1S/C12H26O5Se2/c1-11(2,3)18-16-14-8-7-10(9-13)15-17-19-12(4,5)6/h10,13H,7-9H2,1-6H3/t10-/m1/s1.